The van der Waals surface area contributed by atoms with Crippen LogP contribution in [0.2, 0.25) is 0 Å². The molecule has 0 spiro atoms. The molecule has 1 aliphatic rings. The molecule has 0 radical (unpaired) electrons. The van der Waals surface area contributed by atoms with E-state index < -0.39 is 11.4 Å². The molecule has 0 saturated carbocycles. The van der Waals surface area contributed by atoms with Crippen LogP contribution in [0.25, 0.3) is 0 Å². The highest BCUT2D eigenvalue weighted by molar-refractivity contribution is 7.75. The third kappa shape index (κ3) is 1.42. The summed E-state index contributed by atoms with van der Waals surface area (Å²) in [6.07, 6.45) is -0.183. The SMILES string of the molecule is O=[S@@]1OCC(CCl)O1. The van der Waals surface area contributed by atoms with E-state index in [9.17, 15) is 4.21 Å². The summed E-state index contributed by atoms with van der Waals surface area (Å²) in [7, 11) is 0. The highest BCUT2D eigenvalue weighted by Crippen LogP contribution is 2.08. The van der Waals surface area contributed by atoms with Gasteiger partial charge in [-0.25, -0.2) is 0 Å². The first-order valence-corrected chi connectivity index (χ1v) is 3.64. The van der Waals surface area contributed by atoms with Gasteiger partial charge >= 0.3 is 11.4 Å². The number of rotatable bonds is 1. The van der Waals surface area contributed by atoms with Crippen LogP contribution in [-0.2, 0) is 19.7 Å². The Labute approximate surface area is 54.8 Å². The van der Waals surface area contributed by atoms with Crippen molar-refractivity contribution in [2.45, 2.75) is 6.10 Å². The van der Waals surface area contributed by atoms with E-state index in [0.717, 1.165) is 0 Å². The van der Waals surface area contributed by atoms with Gasteiger partial charge in [0.25, 0.3) is 0 Å². The average molecular weight is 157 g/mol. The van der Waals surface area contributed by atoms with E-state index in [4.69, 9.17) is 11.6 Å². The van der Waals surface area contributed by atoms with Crippen molar-refractivity contribution in [2.24, 2.45) is 0 Å². The van der Waals surface area contributed by atoms with Gasteiger partial charge in [0, 0.05) is 0 Å². The van der Waals surface area contributed by atoms with E-state index in [1.54, 1.807) is 0 Å². The van der Waals surface area contributed by atoms with Crippen molar-refractivity contribution < 1.29 is 12.6 Å². The van der Waals surface area contributed by atoms with Crippen LogP contribution in [0.1, 0.15) is 0 Å². The van der Waals surface area contributed by atoms with Crippen LogP contribution in [-0.4, -0.2) is 22.8 Å². The van der Waals surface area contributed by atoms with Gasteiger partial charge in [0.15, 0.2) is 0 Å². The van der Waals surface area contributed by atoms with Gasteiger partial charge in [0.2, 0.25) is 0 Å². The van der Waals surface area contributed by atoms with Crippen molar-refractivity contribution in [3.8, 4) is 0 Å². The van der Waals surface area contributed by atoms with Gasteiger partial charge in [0.1, 0.15) is 6.10 Å². The molecule has 0 N–H and O–H groups in total. The zero-order chi connectivity index (χ0) is 5.98. The summed E-state index contributed by atoms with van der Waals surface area (Å²) < 4.78 is 19.4. The van der Waals surface area contributed by atoms with Gasteiger partial charge in [-0.15, -0.1) is 11.6 Å². The number of halogens is 1. The van der Waals surface area contributed by atoms with Crippen molar-refractivity contribution in [1.82, 2.24) is 0 Å². The second-order valence-corrected chi connectivity index (χ2v) is 2.51. The smallest absolute Gasteiger partial charge is 0.266 e. The Kier molecular flexibility index (Phi) is 2.25. The Balaban J connectivity index is 2.32. The fraction of sp³-hybridized carbons (Fsp3) is 1.00. The van der Waals surface area contributed by atoms with E-state index >= 15 is 0 Å². The van der Waals surface area contributed by atoms with Gasteiger partial charge in [0.05, 0.1) is 12.5 Å². The Bertz CT molecular complexity index is 107. The van der Waals surface area contributed by atoms with E-state index in [1.807, 2.05) is 0 Å². The minimum atomic E-state index is -1.54. The molecule has 1 fully saturated rings. The quantitative estimate of drug-likeness (QED) is 0.510. The Morgan fingerprint density at radius 2 is 2.62 bits per heavy atom. The molecule has 0 aromatic rings. The number of hydrogen-bond donors (Lipinski definition) is 0. The second kappa shape index (κ2) is 2.77. The molecule has 0 aromatic heterocycles. The monoisotopic (exact) mass is 156 g/mol. The lowest BCUT2D eigenvalue weighted by molar-refractivity contribution is 0.265. The third-order valence-electron chi connectivity index (χ3n) is 0.737. The first kappa shape index (κ1) is 6.48. The normalized spacial score (nSPS) is 38.1. The zero-order valence-corrected chi connectivity index (χ0v) is 5.57. The second-order valence-electron chi connectivity index (χ2n) is 1.36. The van der Waals surface area contributed by atoms with Crippen LogP contribution < -0.4 is 0 Å². The minimum absolute atomic E-state index is 0.183. The summed E-state index contributed by atoms with van der Waals surface area (Å²) in [5.41, 5.74) is 0. The molecule has 1 aliphatic heterocycles. The number of hydrogen-bond acceptors (Lipinski definition) is 3. The molecule has 5 heteroatoms. The predicted molar refractivity (Wildman–Crippen MR) is 29.7 cm³/mol. The van der Waals surface area contributed by atoms with E-state index in [0.29, 0.717) is 12.5 Å². The van der Waals surface area contributed by atoms with Crippen molar-refractivity contribution in [2.75, 3.05) is 12.5 Å². The first-order chi connectivity index (χ1) is 3.83. The lowest BCUT2D eigenvalue weighted by atomic mass is 10.5. The fourth-order valence-electron chi connectivity index (χ4n) is 0.368. The molecule has 1 rings (SSSR count). The van der Waals surface area contributed by atoms with Gasteiger partial charge in [-0.05, 0) is 0 Å². The summed E-state index contributed by atoms with van der Waals surface area (Å²) >= 11 is 3.80. The molecular formula is C3H5ClO3S. The highest BCUT2D eigenvalue weighted by Gasteiger charge is 2.21. The molecule has 0 aromatic carbocycles. The fourth-order valence-corrected chi connectivity index (χ4v) is 1.26. The van der Waals surface area contributed by atoms with Crippen LogP contribution in [0.3, 0.4) is 0 Å². The highest BCUT2D eigenvalue weighted by atomic mass is 35.5. The largest absolute Gasteiger partial charge is 0.305 e. The molecule has 1 unspecified atom stereocenters. The Morgan fingerprint density at radius 3 is 2.88 bits per heavy atom. The van der Waals surface area contributed by atoms with E-state index in [-0.39, 0.29) is 6.10 Å². The van der Waals surface area contributed by atoms with Crippen LogP contribution in [0.15, 0.2) is 0 Å². The van der Waals surface area contributed by atoms with Crippen LogP contribution in [0, 0.1) is 0 Å². The summed E-state index contributed by atoms with van der Waals surface area (Å²) in [5.74, 6) is 0.339. The molecular weight excluding hydrogens is 152 g/mol. The van der Waals surface area contributed by atoms with Crippen molar-refractivity contribution in [3.05, 3.63) is 0 Å². The zero-order valence-electron chi connectivity index (χ0n) is 4.00. The topological polar surface area (TPSA) is 35.5 Å². The standard InChI is InChI=1S/C3H5ClO3S/c4-1-3-2-6-8(5)7-3/h3H,1-2H2/t3?,8-/m1/s1. The Hall–Kier alpha value is 0.360. The molecule has 0 aliphatic carbocycles. The van der Waals surface area contributed by atoms with Crippen molar-refractivity contribution in [1.29, 1.82) is 0 Å². The number of alkyl halides is 1. The van der Waals surface area contributed by atoms with Gasteiger partial charge in [-0.3, -0.25) is 8.37 Å². The molecule has 1 saturated heterocycles. The molecule has 3 nitrogen and oxygen atoms in total. The molecule has 2 atom stereocenters. The summed E-state index contributed by atoms with van der Waals surface area (Å²) in [6.45, 7) is 0.343. The maximum atomic E-state index is 10.2. The molecule has 1 heterocycles. The van der Waals surface area contributed by atoms with Crippen LogP contribution in [0.4, 0.5) is 0 Å². The average Bonchev–Trinajstić information content (AvgIpc) is 2.14. The maximum Gasteiger partial charge on any atom is 0.305 e. The lowest BCUT2D eigenvalue weighted by Gasteiger charge is -1.94. The lowest BCUT2D eigenvalue weighted by Crippen LogP contribution is -2.09. The van der Waals surface area contributed by atoms with E-state index in [2.05, 4.69) is 8.37 Å². The van der Waals surface area contributed by atoms with E-state index in [1.165, 1.54) is 0 Å². The third-order valence-corrected chi connectivity index (χ3v) is 1.84. The molecule has 8 heavy (non-hydrogen) atoms. The van der Waals surface area contributed by atoms with Crippen molar-refractivity contribution >= 4 is 23.0 Å². The molecule has 48 valence electrons. The summed E-state index contributed by atoms with van der Waals surface area (Å²) in [6, 6.07) is 0. The molecule has 0 bridgehead atoms. The minimum Gasteiger partial charge on any atom is -0.266 e. The first-order valence-electron chi connectivity index (χ1n) is 2.11. The van der Waals surface area contributed by atoms with Gasteiger partial charge < -0.3 is 0 Å². The van der Waals surface area contributed by atoms with Crippen LogP contribution >= 0.6 is 11.6 Å². The van der Waals surface area contributed by atoms with Gasteiger partial charge in [-0.2, -0.15) is 4.21 Å². The molecule has 0 amide bonds. The van der Waals surface area contributed by atoms with Gasteiger partial charge in [-0.1, -0.05) is 0 Å². The maximum absolute atomic E-state index is 10.2. The predicted octanol–water partition coefficient (Wildman–Crippen LogP) is 0.219. The van der Waals surface area contributed by atoms with Crippen LogP contribution in [0.5, 0.6) is 0 Å². The Morgan fingerprint density at radius 1 is 1.88 bits per heavy atom. The van der Waals surface area contributed by atoms with Crippen molar-refractivity contribution in [3.63, 3.8) is 0 Å². The summed E-state index contributed by atoms with van der Waals surface area (Å²) in [4.78, 5) is 0. The summed E-state index contributed by atoms with van der Waals surface area (Å²) in [5, 5.41) is 0.